The SMILES string of the molecule is O=[N+]([O-])c1ccc(F)cc1NCC1(O)CCCCC1. The van der Waals surface area contributed by atoms with Gasteiger partial charge in [0, 0.05) is 18.7 Å². The number of hydrogen-bond donors (Lipinski definition) is 2. The number of aliphatic hydroxyl groups is 1. The standard InChI is InChI=1S/C13H17FN2O3/c14-10-4-5-12(16(18)19)11(8-10)15-9-13(17)6-2-1-3-7-13/h4-5,8,15,17H,1-3,6-7,9H2. The molecule has 2 rings (SSSR count). The molecule has 19 heavy (non-hydrogen) atoms. The molecule has 6 heteroatoms. The Labute approximate surface area is 110 Å². The zero-order valence-electron chi connectivity index (χ0n) is 10.6. The Balaban J connectivity index is 2.10. The minimum atomic E-state index is -0.849. The third-order valence-corrected chi connectivity index (χ3v) is 3.55. The lowest BCUT2D eigenvalue weighted by Crippen LogP contribution is -2.38. The molecule has 1 saturated carbocycles. The van der Waals surface area contributed by atoms with Crippen molar-refractivity contribution in [2.45, 2.75) is 37.7 Å². The number of hydrogen-bond acceptors (Lipinski definition) is 4. The number of nitro benzene ring substituents is 1. The maximum absolute atomic E-state index is 13.1. The second-order valence-corrected chi connectivity index (χ2v) is 5.06. The number of anilines is 1. The lowest BCUT2D eigenvalue weighted by molar-refractivity contribution is -0.384. The summed E-state index contributed by atoms with van der Waals surface area (Å²) in [6.45, 7) is 0.206. The molecule has 1 aromatic carbocycles. The predicted octanol–water partition coefficient (Wildman–Crippen LogP) is 2.84. The Bertz CT molecular complexity index is 473. The fourth-order valence-corrected chi connectivity index (χ4v) is 2.46. The minimum Gasteiger partial charge on any atom is -0.388 e. The first-order valence-electron chi connectivity index (χ1n) is 6.40. The van der Waals surface area contributed by atoms with Crippen molar-refractivity contribution in [1.82, 2.24) is 0 Å². The van der Waals surface area contributed by atoms with Crippen LogP contribution in [0, 0.1) is 15.9 Å². The zero-order chi connectivity index (χ0) is 13.9. The van der Waals surface area contributed by atoms with E-state index in [1.807, 2.05) is 0 Å². The van der Waals surface area contributed by atoms with Crippen molar-refractivity contribution in [2.24, 2.45) is 0 Å². The van der Waals surface area contributed by atoms with Gasteiger partial charge in [0.1, 0.15) is 11.5 Å². The molecule has 0 atom stereocenters. The molecule has 1 aliphatic rings. The quantitative estimate of drug-likeness (QED) is 0.650. The van der Waals surface area contributed by atoms with Crippen LogP contribution in [0.2, 0.25) is 0 Å². The Kier molecular flexibility index (Phi) is 3.99. The molecular formula is C13H17FN2O3. The molecule has 0 bridgehead atoms. The van der Waals surface area contributed by atoms with E-state index in [1.165, 1.54) is 0 Å². The van der Waals surface area contributed by atoms with Crippen molar-refractivity contribution < 1.29 is 14.4 Å². The van der Waals surface area contributed by atoms with E-state index in [0.717, 1.165) is 37.5 Å². The van der Waals surface area contributed by atoms with E-state index in [-0.39, 0.29) is 17.9 Å². The summed E-state index contributed by atoms with van der Waals surface area (Å²) in [5, 5.41) is 24.0. The van der Waals surface area contributed by atoms with Crippen molar-refractivity contribution in [1.29, 1.82) is 0 Å². The molecule has 1 fully saturated rings. The van der Waals surface area contributed by atoms with Crippen LogP contribution in [0.15, 0.2) is 18.2 Å². The van der Waals surface area contributed by atoms with Gasteiger partial charge in [0.2, 0.25) is 0 Å². The molecule has 0 aromatic heterocycles. The summed E-state index contributed by atoms with van der Waals surface area (Å²) < 4.78 is 13.1. The molecule has 104 valence electrons. The maximum atomic E-state index is 13.1. The van der Waals surface area contributed by atoms with Crippen LogP contribution in [0.5, 0.6) is 0 Å². The normalized spacial score (nSPS) is 18.0. The van der Waals surface area contributed by atoms with Crippen LogP contribution in [-0.2, 0) is 0 Å². The monoisotopic (exact) mass is 268 g/mol. The smallest absolute Gasteiger partial charge is 0.292 e. The van der Waals surface area contributed by atoms with Crippen LogP contribution in [0.4, 0.5) is 15.8 Å². The lowest BCUT2D eigenvalue weighted by atomic mass is 9.85. The van der Waals surface area contributed by atoms with E-state index >= 15 is 0 Å². The Morgan fingerprint density at radius 3 is 2.68 bits per heavy atom. The number of nitrogens with zero attached hydrogens (tertiary/aromatic N) is 1. The molecule has 5 nitrogen and oxygen atoms in total. The number of rotatable bonds is 4. The van der Waals surface area contributed by atoms with Gasteiger partial charge in [-0.05, 0) is 18.9 Å². The third kappa shape index (κ3) is 3.41. The van der Waals surface area contributed by atoms with Crippen molar-refractivity contribution in [3.8, 4) is 0 Å². The Morgan fingerprint density at radius 2 is 2.05 bits per heavy atom. The maximum Gasteiger partial charge on any atom is 0.292 e. The van der Waals surface area contributed by atoms with Crippen LogP contribution < -0.4 is 5.32 Å². The van der Waals surface area contributed by atoms with Crippen molar-refractivity contribution in [2.75, 3.05) is 11.9 Å². The zero-order valence-corrected chi connectivity index (χ0v) is 10.6. The summed E-state index contributed by atoms with van der Waals surface area (Å²) in [6.07, 6.45) is 4.33. The van der Waals surface area contributed by atoms with Crippen molar-refractivity contribution in [3.63, 3.8) is 0 Å². The van der Waals surface area contributed by atoms with E-state index in [2.05, 4.69) is 5.32 Å². The van der Waals surface area contributed by atoms with Gasteiger partial charge in [-0.15, -0.1) is 0 Å². The topological polar surface area (TPSA) is 75.4 Å². The highest BCUT2D eigenvalue weighted by Gasteiger charge is 2.29. The lowest BCUT2D eigenvalue weighted by Gasteiger charge is -2.32. The summed E-state index contributed by atoms with van der Waals surface area (Å²) in [6, 6.07) is 3.27. The van der Waals surface area contributed by atoms with E-state index in [9.17, 15) is 19.6 Å². The number of halogens is 1. The second kappa shape index (κ2) is 5.52. The van der Waals surface area contributed by atoms with Gasteiger partial charge in [-0.2, -0.15) is 0 Å². The second-order valence-electron chi connectivity index (χ2n) is 5.06. The molecule has 1 aliphatic carbocycles. The summed E-state index contributed by atoms with van der Waals surface area (Å²) in [5.41, 5.74) is -0.914. The highest BCUT2D eigenvalue weighted by atomic mass is 19.1. The molecule has 0 aliphatic heterocycles. The van der Waals surface area contributed by atoms with Gasteiger partial charge in [-0.3, -0.25) is 10.1 Å². The number of benzene rings is 1. The first kappa shape index (κ1) is 13.7. The fourth-order valence-electron chi connectivity index (χ4n) is 2.46. The highest BCUT2D eigenvalue weighted by molar-refractivity contribution is 5.61. The van der Waals surface area contributed by atoms with E-state index in [1.54, 1.807) is 0 Å². The van der Waals surface area contributed by atoms with E-state index < -0.39 is 16.3 Å². The van der Waals surface area contributed by atoms with Gasteiger partial charge in [0.05, 0.1) is 10.5 Å². The van der Waals surface area contributed by atoms with Crippen LogP contribution in [0.1, 0.15) is 32.1 Å². The molecule has 2 N–H and O–H groups in total. The minimum absolute atomic E-state index is 0.115. The van der Waals surface area contributed by atoms with Crippen LogP contribution in [-0.4, -0.2) is 22.2 Å². The fraction of sp³-hybridized carbons (Fsp3) is 0.538. The average molecular weight is 268 g/mol. The Morgan fingerprint density at radius 1 is 1.37 bits per heavy atom. The van der Waals surface area contributed by atoms with Gasteiger partial charge in [-0.25, -0.2) is 4.39 Å². The van der Waals surface area contributed by atoms with Crippen molar-refractivity contribution in [3.05, 3.63) is 34.1 Å². The molecular weight excluding hydrogens is 251 g/mol. The van der Waals surface area contributed by atoms with Gasteiger partial charge >= 0.3 is 0 Å². The molecule has 1 aromatic rings. The summed E-state index contributed by atoms with van der Waals surface area (Å²) in [7, 11) is 0. The molecule has 0 saturated heterocycles. The molecule has 0 radical (unpaired) electrons. The largest absolute Gasteiger partial charge is 0.388 e. The van der Waals surface area contributed by atoms with Gasteiger partial charge < -0.3 is 10.4 Å². The number of nitrogens with one attached hydrogen (secondary N) is 1. The molecule has 0 amide bonds. The highest BCUT2D eigenvalue weighted by Crippen LogP contribution is 2.30. The van der Waals surface area contributed by atoms with Crippen LogP contribution >= 0.6 is 0 Å². The van der Waals surface area contributed by atoms with E-state index in [4.69, 9.17) is 0 Å². The van der Waals surface area contributed by atoms with Crippen LogP contribution in [0.3, 0.4) is 0 Å². The summed E-state index contributed by atoms with van der Waals surface area (Å²) in [5.74, 6) is -0.538. The molecule has 0 spiro atoms. The Hall–Kier alpha value is -1.69. The summed E-state index contributed by atoms with van der Waals surface area (Å²) in [4.78, 5) is 10.3. The first-order valence-corrected chi connectivity index (χ1v) is 6.40. The summed E-state index contributed by atoms with van der Waals surface area (Å²) >= 11 is 0. The van der Waals surface area contributed by atoms with Gasteiger partial charge in [0.25, 0.3) is 5.69 Å². The molecule has 0 heterocycles. The molecule has 0 unspecified atom stereocenters. The van der Waals surface area contributed by atoms with Gasteiger partial charge in [0.15, 0.2) is 0 Å². The van der Waals surface area contributed by atoms with Crippen molar-refractivity contribution >= 4 is 11.4 Å². The number of nitro groups is 1. The first-order chi connectivity index (χ1) is 9.00. The van der Waals surface area contributed by atoms with Gasteiger partial charge in [-0.1, -0.05) is 19.3 Å². The average Bonchev–Trinajstić information content (AvgIpc) is 2.37. The van der Waals surface area contributed by atoms with E-state index in [0.29, 0.717) is 12.8 Å². The third-order valence-electron chi connectivity index (χ3n) is 3.55. The predicted molar refractivity (Wildman–Crippen MR) is 69.6 cm³/mol. The van der Waals surface area contributed by atoms with Crippen LogP contribution in [0.25, 0.3) is 0 Å².